The Morgan fingerprint density at radius 3 is 2.67 bits per heavy atom. The summed E-state index contributed by atoms with van der Waals surface area (Å²) in [6.45, 7) is 6.31. The maximum Gasteiger partial charge on any atom is 0.0981 e. The molecule has 0 aliphatic heterocycles. The molecule has 2 aromatic heterocycles. The van der Waals surface area contributed by atoms with Gasteiger partial charge in [-0.25, -0.2) is 5.43 Å². The Morgan fingerprint density at radius 1 is 1.44 bits per heavy atom. The lowest BCUT2D eigenvalue weighted by atomic mass is 10.1. The molecule has 0 aliphatic rings. The normalized spacial score (nSPS) is 13.2. The highest BCUT2D eigenvalue weighted by atomic mass is 79.9. The first-order chi connectivity index (χ1) is 8.54. The van der Waals surface area contributed by atoms with Crippen molar-refractivity contribution in [3.05, 3.63) is 38.3 Å². The van der Waals surface area contributed by atoms with Gasteiger partial charge in [-0.2, -0.15) is 5.10 Å². The zero-order chi connectivity index (χ0) is 13.3. The summed E-state index contributed by atoms with van der Waals surface area (Å²) in [6, 6.07) is 4.47. The fourth-order valence-electron chi connectivity index (χ4n) is 1.94. The van der Waals surface area contributed by atoms with Crippen molar-refractivity contribution in [3.8, 4) is 0 Å². The number of halogens is 1. The van der Waals surface area contributed by atoms with Gasteiger partial charge in [0.05, 0.1) is 22.4 Å². The number of nitrogens with two attached hydrogens (primary N) is 1. The molecule has 2 aromatic rings. The second-order valence-corrected chi connectivity index (χ2v) is 6.64. The number of aromatic nitrogens is 2. The molecule has 0 fully saturated rings. The highest BCUT2D eigenvalue weighted by molar-refractivity contribution is 9.10. The molecule has 3 N–H and O–H groups in total. The van der Waals surface area contributed by atoms with Crippen molar-refractivity contribution in [2.75, 3.05) is 0 Å². The quantitative estimate of drug-likeness (QED) is 0.669. The molecule has 0 amide bonds. The van der Waals surface area contributed by atoms with E-state index in [9.17, 15) is 0 Å². The van der Waals surface area contributed by atoms with Gasteiger partial charge in [0.1, 0.15) is 0 Å². The molecule has 0 bridgehead atoms. The molecule has 0 aliphatic carbocycles. The standard InChI is InChI=1S/C12H17BrN4S/c1-7(2)17-12(9(13)6-15-17)11(16-14)10-5-4-8(3)18-10/h4-7,11,16H,14H2,1-3H3. The minimum atomic E-state index is -0.0389. The fourth-order valence-corrected chi connectivity index (χ4v) is 3.38. The monoisotopic (exact) mass is 328 g/mol. The molecule has 0 aromatic carbocycles. The molecule has 0 saturated heterocycles. The van der Waals surface area contributed by atoms with Crippen molar-refractivity contribution in [1.29, 1.82) is 0 Å². The van der Waals surface area contributed by atoms with Crippen LogP contribution in [0.5, 0.6) is 0 Å². The van der Waals surface area contributed by atoms with E-state index in [2.05, 4.69) is 59.4 Å². The Bertz CT molecular complexity index is 532. The predicted octanol–water partition coefficient (Wildman–Crippen LogP) is 3.15. The van der Waals surface area contributed by atoms with Crippen LogP contribution in [0.15, 0.2) is 22.8 Å². The fraction of sp³-hybridized carbons (Fsp3) is 0.417. The molecular formula is C12H17BrN4S. The molecule has 1 unspecified atom stereocenters. The van der Waals surface area contributed by atoms with Gasteiger partial charge in [0.25, 0.3) is 0 Å². The number of thiophene rings is 1. The Labute approximate surface area is 119 Å². The summed E-state index contributed by atoms with van der Waals surface area (Å²) in [5.74, 6) is 5.74. The van der Waals surface area contributed by atoms with E-state index in [4.69, 9.17) is 5.84 Å². The third kappa shape index (κ3) is 2.51. The van der Waals surface area contributed by atoms with E-state index in [0.29, 0.717) is 6.04 Å². The van der Waals surface area contributed by atoms with E-state index in [-0.39, 0.29) is 6.04 Å². The molecule has 0 radical (unpaired) electrons. The van der Waals surface area contributed by atoms with Crippen molar-refractivity contribution in [2.24, 2.45) is 5.84 Å². The molecule has 6 heteroatoms. The minimum Gasteiger partial charge on any atom is -0.270 e. The molecule has 0 saturated carbocycles. The Balaban J connectivity index is 2.47. The summed E-state index contributed by atoms with van der Waals surface area (Å²) >= 11 is 5.30. The SMILES string of the molecule is Cc1ccc(C(NN)c2c(Br)cnn2C(C)C)s1. The first-order valence-corrected chi connectivity index (χ1v) is 7.41. The second-order valence-electron chi connectivity index (χ2n) is 4.46. The maximum atomic E-state index is 5.74. The number of hydrazine groups is 1. The summed E-state index contributed by atoms with van der Waals surface area (Å²) in [5.41, 5.74) is 3.95. The Kier molecular flexibility index (Phi) is 4.21. The number of rotatable bonds is 4. The first kappa shape index (κ1) is 13.7. The number of nitrogens with one attached hydrogen (secondary N) is 1. The molecule has 2 heterocycles. The van der Waals surface area contributed by atoms with Crippen molar-refractivity contribution in [3.63, 3.8) is 0 Å². The van der Waals surface area contributed by atoms with E-state index in [1.54, 1.807) is 11.3 Å². The molecule has 18 heavy (non-hydrogen) atoms. The van der Waals surface area contributed by atoms with Gasteiger partial charge in [-0.3, -0.25) is 10.5 Å². The minimum absolute atomic E-state index is 0.0389. The van der Waals surface area contributed by atoms with Crippen molar-refractivity contribution in [2.45, 2.75) is 32.9 Å². The largest absolute Gasteiger partial charge is 0.270 e. The van der Waals surface area contributed by atoms with Crippen LogP contribution in [0.2, 0.25) is 0 Å². The van der Waals surface area contributed by atoms with Gasteiger partial charge in [-0.05, 0) is 48.8 Å². The molecule has 0 spiro atoms. The lowest BCUT2D eigenvalue weighted by Crippen LogP contribution is -2.30. The second kappa shape index (κ2) is 5.52. The highest BCUT2D eigenvalue weighted by Gasteiger charge is 2.23. The van der Waals surface area contributed by atoms with Crippen LogP contribution in [0, 0.1) is 6.92 Å². The number of nitrogens with zero attached hydrogens (tertiary/aromatic N) is 2. The zero-order valence-electron chi connectivity index (χ0n) is 10.6. The number of aryl methyl sites for hydroxylation is 1. The van der Waals surface area contributed by atoms with Crippen LogP contribution in [-0.4, -0.2) is 9.78 Å². The van der Waals surface area contributed by atoms with Crippen molar-refractivity contribution >= 4 is 27.3 Å². The van der Waals surface area contributed by atoms with Gasteiger partial charge in [0.15, 0.2) is 0 Å². The van der Waals surface area contributed by atoms with Gasteiger partial charge < -0.3 is 0 Å². The summed E-state index contributed by atoms with van der Waals surface area (Å²) in [5, 5.41) is 4.40. The average Bonchev–Trinajstić information content (AvgIpc) is 2.88. The van der Waals surface area contributed by atoms with Gasteiger partial charge in [0.2, 0.25) is 0 Å². The predicted molar refractivity (Wildman–Crippen MR) is 78.5 cm³/mol. The lowest BCUT2D eigenvalue weighted by Gasteiger charge is -2.19. The van der Waals surface area contributed by atoms with Gasteiger partial charge >= 0.3 is 0 Å². The van der Waals surface area contributed by atoms with E-state index < -0.39 is 0 Å². The van der Waals surface area contributed by atoms with E-state index in [1.807, 2.05) is 10.9 Å². The van der Waals surface area contributed by atoms with Crippen molar-refractivity contribution in [1.82, 2.24) is 15.2 Å². The van der Waals surface area contributed by atoms with E-state index >= 15 is 0 Å². The zero-order valence-corrected chi connectivity index (χ0v) is 13.0. The van der Waals surface area contributed by atoms with Crippen LogP contribution in [0.4, 0.5) is 0 Å². The van der Waals surface area contributed by atoms with Crippen molar-refractivity contribution < 1.29 is 0 Å². The smallest absolute Gasteiger partial charge is 0.0981 e. The van der Waals surface area contributed by atoms with Crippen LogP contribution < -0.4 is 11.3 Å². The van der Waals surface area contributed by atoms with Crippen LogP contribution in [0.3, 0.4) is 0 Å². The van der Waals surface area contributed by atoms with Crippen LogP contribution in [0.1, 0.15) is 41.4 Å². The number of hydrogen-bond donors (Lipinski definition) is 2. The summed E-state index contributed by atoms with van der Waals surface area (Å²) in [7, 11) is 0. The van der Waals surface area contributed by atoms with E-state index in [1.165, 1.54) is 9.75 Å². The maximum absolute atomic E-state index is 5.74. The number of hydrogen-bond acceptors (Lipinski definition) is 4. The molecule has 98 valence electrons. The Hall–Kier alpha value is -0.690. The van der Waals surface area contributed by atoms with Gasteiger partial charge in [0, 0.05) is 15.8 Å². The summed E-state index contributed by atoms with van der Waals surface area (Å²) in [4.78, 5) is 2.47. The van der Waals surface area contributed by atoms with Crippen LogP contribution in [0.25, 0.3) is 0 Å². The Morgan fingerprint density at radius 2 is 2.17 bits per heavy atom. The summed E-state index contributed by atoms with van der Waals surface area (Å²) in [6.07, 6.45) is 1.82. The molecule has 4 nitrogen and oxygen atoms in total. The van der Waals surface area contributed by atoms with Gasteiger partial charge in [-0.1, -0.05) is 0 Å². The lowest BCUT2D eigenvalue weighted by molar-refractivity contribution is 0.477. The van der Waals surface area contributed by atoms with Crippen LogP contribution in [-0.2, 0) is 0 Å². The van der Waals surface area contributed by atoms with Gasteiger partial charge in [-0.15, -0.1) is 11.3 Å². The highest BCUT2D eigenvalue weighted by Crippen LogP contribution is 2.33. The van der Waals surface area contributed by atoms with E-state index in [0.717, 1.165) is 10.2 Å². The third-order valence-corrected chi connectivity index (χ3v) is 4.44. The molecule has 1 atom stereocenters. The van der Waals surface area contributed by atoms with Crippen LogP contribution >= 0.6 is 27.3 Å². The average molecular weight is 329 g/mol. The molecule has 2 rings (SSSR count). The summed E-state index contributed by atoms with van der Waals surface area (Å²) < 4.78 is 2.97. The molecular weight excluding hydrogens is 312 g/mol. The first-order valence-electron chi connectivity index (χ1n) is 5.80. The third-order valence-electron chi connectivity index (χ3n) is 2.76. The topological polar surface area (TPSA) is 55.9 Å².